The summed E-state index contributed by atoms with van der Waals surface area (Å²) in [6.45, 7) is 4.34. The van der Waals surface area contributed by atoms with Crippen molar-refractivity contribution in [3.63, 3.8) is 0 Å². The second-order valence-electron chi connectivity index (χ2n) is 6.57. The van der Waals surface area contributed by atoms with Gasteiger partial charge in [-0.3, -0.25) is 0 Å². The van der Waals surface area contributed by atoms with E-state index in [4.69, 9.17) is 4.99 Å². The molecular weight excluding hydrogens is 315 g/mol. The van der Waals surface area contributed by atoms with Crippen molar-refractivity contribution in [2.24, 2.45) is 10.9 Å². The van der Waals surface area contributed by atoms with E-state index < -0.39 is 5.95 Å². The van der Waals surface area contributed by atoms with Crippen LogP contribution in [-0.4, -0.2) is 52.5 Å². The van der Waals surface area contributed by atoms with E-state index in [1.807, 2.05) is 0 Å². The summed E-state index contributed by atoms with van der Waals surface area (Å²) in [5.74, 6) is 0.971. The summed E-state index contributed by atoms with van der Waals surface area (Å²) in [7, 11) is 0. The zero-order chi connectivity index (χ0) is 15.4. The molecule has 2 aromatic heterocycles. The number of pyridine rings is 1. The summed E-state index contributed by atoms with van der Waals surface area (Å²) >= 11 is 1.34. The van der Waals surface area contributed by atoms with Crippen LogP contribution in [0.3, 0.4) is 0 Å². The summed E-state index contributed by atoms with van der Waals surface area (Å²) in [6, 6.07) is 2.98. The van der Waals surface area contributed by atoms with E-state index in [0.717, 1.165) is 19.0 Å². The number of rotatable bonds is 1. The van der Waals surface area contributed by atoms with E-state index in [-0.39, 0.29) is 5.54 Å². The molecule has 6 rings (SSSR count). The smallest absolute Gasteiger partial charge is 0.214 e. The average molecular weight is 332 g/mol. The number of aromatic nitrogens is 2. The molecule has 0 saturated carbocycles. The van der Waals surface area contributed by atoms with Crippen molar-refractivity contribution < 1.29 is 4.39 Å². The second-order valence-corrected chi connectivity index (χ2v) is 7.55. The predicted octanol–water partition coefficient (Wildman–Crippen LogP) is 1.67. The third kappa shape index (κ3) is 2.20. The highest BCUT2D eigenvalue weighted by atomic mass is 32.1. The number of hydrogen-bond donors (Lipinski definition) is 2. The monoisotopic (exact) mass is 332 g/mol. The van der Waals surface area contributed by atoms with Crippen LogP contribution in [0.25, 0.3) is 10.3 Å². The van der Waals surface area contributed by atoms with Crippen LogP contribution in [-0.2, 0) is 0 Å². The van der Waals surface area contributed by atoms with Crippen LogP contribution in [0.1, 0.15) is 12.8 Å². The molecule has 1 unspecified atom stereocenters. The number of aliphatic imine (C=N–C) groups is 1. The van der Waals surface area contributed by atoms with Crippen LogP contribution in [0.5, 0.6) is 0 Å². The van der Waals surface area contributed by atoms with E-state index >= 15 is 0 Å². The number of guanidine groups is 1. The van der Waals surface area contributed by atoms with Gasteiger partial charge in [0.1, 0.15) is 10.3 Å². The van der Waals surface area contributed by atoms with Crippen LogP contribution in [0.15, 0.2) is 17.1 Å². The van der Waals surface area contributed by atoms with E-state index in [1.165, 1.54) is 43.3 Å². The third-order valence-corrected chi connectivity index (χ3v) is 6.07. The predicted molar refractivity (Wildman–Crippen MR) is 88.3 cm³/mol. The molecular formula is C15H17FN6S. The van der Waals surface area contributed by atoms with Crippen LogP contribution < -0.4 is 10.6 Å². The molecule has 120 valence electrons. The molecule has 2 aromatic rings. The molecule has 3 saturated heterocycles. The van der Waals surface area contributed by atoms with Gasteiger partial charge < -0.3 is 15.5 Å². The summed E-state index contributed by atoms with van der Waals surface area (Å²) in [5.41, 5.74) is 0.718. The zero-order valence-electron chi connectivity index (χ0n) is 12.5. The van der Waals surface area contributed by atoms with Gasteiger partial charge in [-0.05, 0) is 44.0 Å². The summed E-state index contributed by atoms with van der Waals surface area (Å²) in [4.78, 5) is 16.4. The normalized spacial score (nSPS) is 32.3. The first-order chi connectivity index (χ1) is 11.2. The largest absolute Gasteiger partial charge is 0.354 e. The number of piperidine rings is 3. The molecule has 0 aliphatic carbocycles. The average Bonchev–Trinajstić information content (AvgIpc) is 3.12. The lowest BCUT2D eigenvalue weighted by Crippen LogP contribution is -2.59. The Balaban J connectivity index is 1.40. The van der Waals surface area contributed by atoms with Gasteiger partial charge in [0.25, 0.3) is 0 Å². The summed E-state index contributed by atoms with van der Waals surface area (Å²) in [6.07, 6.45) is 2.48. The van der Waals surface area contributed by atoms with Gasteiger partial charge in [-0.15, -0.1) is 0 Å². The first kappa shape index (κ1) is 13.6. The Morgan fingerprint density at radius 2 is 2.17 bits per heavy atom. The lowest BCUT2D eigenvalue weighted by Gasteiger charge is -2.49. The van der Waals surface area contributed by atoms with Gasteiger partial charge in [-0.1, -0.05) is 11.3 Å². The molecule has 0 aromatic carbocycles. The van der Waals surface area contributed by atoms with E-state index in [1.54, 1.807) is 6.07 Å². The van der Waals surface area contributed by atoms with Crippen molar-refractivity contribution in [3.8, 4) is 0 Å². The van der Waals surface area contributed by atoms with Crippen LogP contribution in [0, 0.1) is 11.9 Å². The maximum atomic E-state index is 13.2. The third-order valence-electron chi connectivity index (χ3n) is 5.19. The fourth-order valence-corrected chi connectivity index (χ4v) is 4.86. The van der Waals surface area contributed by atoms with Crippen molar-refractivity contribution in [3.05, 3.63) is 18.1 Å². The van der Waals surface area contributed by atoms with Crippen LogP contribution in [0.4, 0.5) is 9.52 Å². The van der Waals surface area contributed by atoms with E-state index in [0.29, 0.717) is 21.4 Å². The Bertz CT molecular complexity index is 796. The molecule has 2 N–H and O–H groups in total. The number of nitrogens with one attached hydrogen (secondary N) is 2. The van der Waals surface area contributed by atoms with Gasteiger partial charge in [-0.2, -0.15) is 4.39 Å². The summed E-state index contributed by atoms with van der Waals surface area (Å²) in [5, 5.41) is 7.33. The Labute approximate surface area is 136 Å². The van der Waals surface area contributed by atoms with Crippen molar-refractivity contribution in [1.82, 2.24) is 20.2 Å². The quantitative estimate of drug-likeness (QED) is 0.778. The standard InChI is InChI=1S/C15H17FN6S/c16-11-2-1-10-12(19-11)23-14(18-10)20-13-17-7-15(21-13)8-22-5-3-9(15)4-6-22/h1-2,9H,3-8H2,(H2,17,18,20,21). The highest BCUT2D eigenvalue weighted by Gasteiger charge is 2.49. The second kappa shape index (κ2) is 4.85. The Hall–Kier alpha value is -1.80. The number of thiazole rings is 1. The fraction of sp³-hybridized carbons (Fsp3) is 0.533. The highest BCUT2D eigenvalue weighted by molar-refractivity contribution is 7.21. The number of anilines is 1. The number of nitrogens with zero attached hydrogens (tertiary/aromatic N) is 4. The minimum atomic E-state index is -0.477. The molecule has 6 nitrogen and oxygen atoms in total. The molecule has 8 heteroatoms. The van der Waals surface area contributed by atoms with Crippen molar-refractivity contribution in [1.29, 1.82) is 0 Å². The van der Waals surface area contributed by atoms with Gasteiger partial charge >= 0.3 is 0 Å². The van der Waals surface area contributed by atoms with Crippen LogP contribution in [0.2, 0.25) is 0 Å². The van der Waals surface area contributed by atoms with Crippen molar-refractivity contribution in [2.75, 3.05) is 31.5 Å². The highest BCUT2D eigenvalue weighted by Crippen LogP contribution is 2.39. The van der Waals surface area contributed by atoms with Gasteiger partial charge in [0.15, 0.2) is 11.1 Å². The first-order valence-electron chi connectivity index (χ1n) is 7.96. The van der Waals surface area contributed by atoms with E-state index in [9.17, 15) is 4.39 Å². The fourth-order valence-electron chi connectivity index (χ4n) is 4.03. The molecule has 6 heterocycles. The molecule has 1 atom stereocenters. The first-order valence-corrected chi connectivity index (χ1v) is 8.78. The maximum Gasteiger partial charge on any atom is 0.214 e. The minimum Gasteiger partial charge on any atom is -0.354 e. The maximum absolute atomic E-state index is 13.2. The Morgan fingerprint density at radius 1 is 1.30 bits per heavy atom. The van der Waals surface area contributed by atoms with Gasteiger partial charge in [0.2, 0.25) is 5.95 Å². The molecule has 0 radical (unpaired) electrons. The lowest BCUT2D eigenvalue weighted by atomic mass is 9.73. The number of hydrogen-bond acceptors (Lipinski definition) is 7. The van der Waals surface area contributed by atoms with E-state index in [2.05, 4.69) is 25.5 Å². The molecule has 2 bridgehead atoms. The minimum absolute atomic E-state index is 0.0138. The zero-order valence-corrected chi connectivity index (χ0v) is 13.4. The Morgan fingerprint density at radius 3 is 2.96 bits per heavy atom. The number of fused-ring (bicyclic) bond motifs is 3. The molecule has 0 amide bonds. The van der Waals surface area contributed by atoms with Gasteiger partial charge in [-0.25, -0.2) is 15.0 Å². The molecule has 4 aliphatic heterocycles. The van der Waals surface area contributed by atoms with Crippen molar-refractivity contribution in [2.45, 2.75) is 18.4 Å². The topological polar surface area (TPSA) is 65.4 Å². The Kier molecular flexibility index (Phi) is 2.87. The molecule has 4 aliphatic rings. The molecule has 1 spiro atoms. The molecule has 3 fully saturated rings. The lowest BCUT2D eigenvalue weighted by molar-refractivity contribution is 0.0374. The van der Waals surface area contributed by atoms with Gasteiger partial charge in [0.05, 0.1) is 5.54 Å². The van der Waals surface area contributed by atoms with Gasteiger partial charge in [0, 0.05) is 13.1 Å². The van der Waals surface area contributed by atoms with Crippen molar-refractivity contribution >= 4 is 32.8 Å². The number of halogens is 1. The van der Waals surface area contributed by atoms with Crippen LogP contribution >= 0.6 is 11.3 Å². The molecule has 23 heavy (non-hydrogen) atoms. The SMILES string of the molecule is Fc1ccc2nc(NC3=NC4(CN3)CN3CCC4CC3)sc2n1. The summed E-state index contributed by atoms with van der Waals surface area (Å²) < 4.78 is 13.2.